The monoisotopic (exact) mass is 396 g/mol. The molecule has 1 aromatic carbocycles. The van der Waals surface area contributed by atoms with Crippen LogP contribution < -0.4 is 5.32 Å². The predicted octanol–water partition coefficient (Wildman–Crippen LogP) is 2.17. The van der Waals surface area contributed by atoms with E-state index in [4.69, 9.17) is 0 Å². The molecule has 0 spiro atoms. The van der Waals surface area contributed by atoms with E-state index in [-0.39, 0.29) is 11.9 Å². The van der Waals surface area contributed by atoms with E-state index in [1.807, 2.05) is 18.2 Å². The van der Waals surface area contributed by atoms with Crippen LogP contribution in [0.4, 0.5) is 0 Å². The summed E-state index contributed by atoms with van der Waals surface area (Å²) in [5.41, 5.74) is 1.09. The largest absolute Gasteiger partial charge is 0.341 e. The maximum atomic E-state index is 13.5. The van der Waals surface area contributed by atoms with Crippen molar-refractivity contribution in [2.45, 2.75) is 51.7 Å². The number of rotatable bonds is 6. The average molecular weight is 397 g/mol. The van der Waals surface area contributed by atoms with E-state index >= 15 is 0 Å². The van der Waals surface area contributed by atoms with Gasteiger partial charge in [0.1, 0.15) is 17.7 Å². The van der Waals surface area contributed by atoms with Crippen molar-refractivity contribution in [1.82, 2.24) is 29.9 Å². The Morgan fingerprint density at radius 2 is 1.86 bits per heavy atom. The molecule has 7 heteroatoms. The number of hydrogen-bond acceptors (Lipinski definition) is 5. The Balaban J connectivity index is 1.46. The fourth-order valence-electron chi connectivity index (χ4n) is 4.68. The van der Waals surface area contributed by atoms with Crippen molar-refractivity contribution in [2.24, 2.45) is 0 Å². The molecule has 1 amide bonds. The Labute approximate surface area is 173 Å². The fourth-order valence-corrected chi connectivity index (χ4v) is 4.68. The van der Waals surface area contributed by atoms with E-state index in [1.165, 1.54) is 0 Å². The van der Waals surface area contributed by atoms with Crippen LogP contribution in [-0.4, -0.2) is 63.2 Å². The highest BCUT2D eigenvalue weighted by atomic mass is 16.2. The van der Waals surface area contributed by atoms with Gasteiger partial charge in [-0.1, -0.05) is 44.2 Å². The number of likely N-dealkylation sites (N-methyl/N-ethyl adjacent to an activating group) is 1. The quantitative estimate of drug-likeness (QED) is 0.811. The van der Waals surface area contributed by atoms with E-state index in [9.17, 15) is 4.79 Å². The number of likely N-dealkylation sites (tertiary alicyclic amines) is 1. The minimum atomic E-state index is -0.199. The molecule has 1 aromatic heterocycles. The third-order valence-electron chi connectivity index (χ3n) is 6.35. The molecule has 7 nitrogen and oxygen atoms in total. The molecule has 2 aliphatic rings. The Hall–Kier alpha value is -2.25. The lowest BCUT2D eigenvalue weighted by Crippen LogP contribution is -2.46. The highest BCUT2D eigenvalue weighted by Crippen LogP contribution is 2.30. The number of benzene rings is 1. The summed E-state index contributed by atoms with van der Waals surface area (Å²) in [6.45, 7) is 10.3. The number of hydrogen-bond donors (Lipinski definition) is 1. The van der Waals surface area contributed by atoms with Gasteiger partial charge in [0.05, 0.1) is 6.54 Å². The van der Waals surface area contributed by atoms with Crippen molar-refractivity contribution in [2.75, 3.05) is 32.7 Å². The number of aromatic nitrogens is 3. The van der Waals surface area contributed by atoms with Crippen molar-refractivity contribution in [3.8, 4) is 0 Å². The van der Waals surface area contributed by atoms with Gasteiger partial charge in [-0.05, 0) is 31.5 Å². The number of piperidine rings is 1. The van der Waals surface area contributed by atoms with Gasteiger partial charge in [-0.15, -0.1) is 10.2 Å². The van der Waals surface area contributed by atoms with E-state index in [0.29, 0.717) is 5.92 Å². The first-order valence-electron chi connectivity index (χ1n) is 10.9. The highest BCUT2D eigenvalue weighted by molar-refractivity contribution is 5.83. The second-order valence-electron chi connectivity index (χ2n) is 7.94. The zero-order chi connectivity index (χ0) is 20.2. The van der Waals surface area contributed by atoms with Crippen LogP contribution in [0.15, 0.2) is 30.3 Å². The molecule has 1 fully saturated rings. The van der Waals surface area contributed by atoms with Gasteiger partial charge in [-0.3, -0.25) is 9.69 Å². The van der Waals surface area contributed by atoms with Gasteiger partial charge in [0.15, 0.2) is 0 Å². The molecule has 1 unspecified atom stereocenters. The molecule has 156 valence electrons. The van der Waals surface area contributed by atoms with Crippen molar-refractivity contribution in [3.63, 3.8) is 0 Å². The number of carbonyl (C=O) groups excluding carboxylic acids is 1. The van der Waals surface area contributed by atoms with Crippen LogP contribution in [0.25, 0.3) is 0 Å². The predicted molar refractivity (Wildman–Crippen MR) is 112 cm³/mol. The Bertz CT molecular complexity index is 808. The fraction of sp³-hybridized carbons (Fsp3) is 0.591. The van der Waals surface area contributed by atoms with E-state index in [0.717, 1.165) is 75.9 Å². The number of amides is 1. The Kier molecular flexibility index (Phi) is 6.25. The molecule has 29 heavy (non-hydrogen) atoms. The average Bonchev–Trinajstić information content (AvgIpc) is 3.22. The molecule has 0 aliphatic carbocycles. The van der Waals surface area contributed by atoms with Gasteiger partial charge in [-0.2, -0.15) is 0 Å². The molecule has 0 radical (unpaired) electrons. The second-order valence-corrected chi connectivity index (χ2v) is 7.94. The summed E-state index contributed by atoms with van der Waals surface area (Å²) < 4.78 is 2.28. The minimum Gasteiger partial charge on any atom is -0.341 e. The number of carbonyl (C=O) groups is 1. The summed E-state index contributed by atoms with van der Waals surface area (Å²) in [7, 11) is 0. The van der Waals surface area contributed by atoms with Crippen LogP contribution in [0.5, 0.6) is 0 Å². The van der Waals surface area contributed by atoms with E-state index in [1.54, 1.807) is 0 Å². The highest BCUT2D eigenvalue weighted by Gasteiger charge is 2.34. The van der Waals surface area contributed by atoms with E-state index in [2.05, 4.69) is 55.9 Å². The van der Waals surface area contributed by atoms with Crippen LogP contribution in [0.3, 0.4) is 0 Å². The van der Waals surface area contributed by atoms with Crippen LogP contribution in [0, 0.1) is 0 Å². The summed E-state index contributed by atoms with van der Waals surface area (Å²) in [4.78, 5) is 17.8. The second kappa shape index (κ2) is 9.05. The number of nitrogens with one attached hydrogen (secondary N) is 1. The molecule has 3 heterocycles. The summed E-state index contributed by atoms with van der Waals surface area (Å²) in [6.07, 6.45) is 1.91. The molecule has 2 aromatic rings. The standard InChI is InChI=1S/C22H32N6O/c1-3-26(4-2)20(17-8-6-5-7-9-17)22(29)27-13-10-18(11-14-27)21-25-24-19-16-23-12-15-28(19)21/h5-9,18,20,23H,3-4,10-16H2,1-2H3. The molecule has 0 saturated carbocycles. The molecule has 1 N–H and O–H groups in total. The SMILES string of the molecule is CCN(CC)C(C(=O)N1CCC(c2nnc3n2CCNC3)CC1)c1ccccc1. The first-order valence-corrected chi connectivity index (χ1v) is 10.9. The van der Waals surface area contributed by atoms with Gasteiger partial charge in [0.25, 0.3) is 0 Å². The van der Waals surface area contributed by atoms with Gasteiger partial charge < -0.3 is 14.8 Å². The first-order chi connectivity index (χ1) is 14.2. The Morgan fingerprint density at radius 3 is 2.55 bits per heavy atom. The van der Waals surface area contributed by atoms with Crippen molar-refractivity contribution in [1.29, 1.82) is 0 Å². The molecule has 2 aliphatic heterocycles. The molecule has 1 saturated heterocycles. The third kappa shape index (κ3) is 4.07. The summed E-state index contributed by atoms with van der Waals surface area (Å²) >= 11 is 0. The zero-order valence-corrected chi connectivity index (χ0v) is 17.5. The van der Waals surface area contributed by atoms with Crippen molar-refractivity contribution < 1.29 is 4.79 Å². The number of fused-ring (bicyclic) bond motifs is 1. The van der Waals surface area contributed by atoms with Crippen LogP contribution in [-0.2, 0) is 17.9 Å². The maximum Gasteiger partial charge on any atom is 0.244 e. The molecular weight excluding hydrogens is 364 g/mol. The van der Waals surface area contributed by atoms with Gasteiger partial charge in [0.2, 0.25) is 5.91 Å². The summed E-state index contributed by atoms with van der Waals surface area (Å²) in [5, 5.41) is 12.2. The topological polar surface area (TPSA) is 66.3 Å². The van der Waals surface area contributed by atoms with Crippen molar-refractivity contribution in [3.05, 3.63) is 47.5 Å². The van der Waals surface area contributed by atoms with Crippen LogP contribution in [0.1, 0.15) is 55.9 Å². The van der Waals surface area contributed by atoms with Gasteiger partial charge in [-0.25, -0.2) is 0 Å². The molecular formula is C22H32N6O. The number of nitrogens with zero attached hydrogens (tertiary/aromatic N) is 5. The molecule has 0 bridgehead atoms. The zero-order valence-electron chi connectivity index (χ0n) is 17.5. The lowest BCUT2D eigenvalue weighted by Gasteiger charge is -2.37. The molecule has 4 rings (SSSR count). The normalized spacial score (nSPS) is 18.7. The minimum absolute atomic E-state index is 0.199. The lowest BCUT2D eigenvalue weighted by atomic mass is 9.94. The van der Waals surface area contributed by atoms with Crippen LogP contribution in [0.2, 0.25) is 0 Å². The first kappa shape index (κ1) is 20.0. The third-order valence-corrected chi connectivity index (χ3v) is 6.35. The summed E-state index contributed by atoms with van der Waals surface area (Å²) in [5.74, 6) is 2.76. The van der Waals surface area contributed by atoms with Crippen LogP contribution >= 0.6 is 0 Å². The van der Waals surface area contributed by atoms with Gasteiger partial charge >= 0.3 is 0 Å². The summed E-state index contributed by atoms with van der Waals surface area (Å²) in [6, 6.07) is 10.0. The maximum absolute atomic E-state index is 13.5. The molecule has 1 atom stereocenters. The van der Waals surface area contributed by atoms with Gasteiger partial charge in [0, 0.05) is 32.1 Å². The van der Waals surface area contributed by atoms with E-state index < -0.39 is 0 Å². The lowest BCUT2D eigenvalue weighted by molar-refractivity contribution is -0.138. The van der Waals surface area contributed by atoms with Crippen molar-refractivity contribution >= 4 is 5.91 Å². The smallest absolute Gasteiger partial charge is 0.244 e. The Morgan fingerprint density at radius 1 is 1.14 bits per heavy atom.